The molecule has 0 unspecified atom stereocenters. The van der Waals surface area contributed by atoms with Crippen LogP contribution in [-0.2, 0) is 0 Å². The second kappa shape index (κ2) is 9.80. The Morgan fingerprint density at radius 3 is 2.15 bits per heavy atom. The summed E-state index contributed by atoms with van der Waals surface area (Å²) in [6.45, 7) is 0. The number of furan rings is 1. The smallest absolute Gasteiger partial charge is 0.227 e. The van der Waals surface area contributed by atoms with Crippen molar-refractivity contribution in [2.45, 2.75) is 0 Å². The number of thiophene rings is 1. The molecule has 10 aromatic rings. The molecule has 0 amide bonds. The maximum Gasteiger partial charge on any atom is 0.227 e. The summed E-state index contributed by atoms with van der Waals surface area (Å²) in [5.74, 6) is 0.638. The maximum atomic E-state index is 6.35. The van der Waals surface area contributed by atoms with E-state index in [2.05, 4.69) is 114 Å². The lowest BCUT2D eigenvalue weighted by molar-refractivity contribution is 0.620. The van der Waals surface area contributed by atoms with Crippen molar-refractivity contribution < 1.29 is 8.83 Å². The lowest BCUT2D eigenvalue weighted by atomic mass is 10.0. The van der Waals surface area contributed by atoms with E-state index in [-0.39, 0.29) is 0 Å². The molecule has 0 aliphatic heterocycles. The van der Waals surface area contributed by atoms with Crippen LogP contribution in [0.2, 0.25) is 0 Å². The van der Waals surface area contributed by atoms with Crippen LogP contribution in [0.25, 0.3) is 75.4 Å². The lowest BCUT2D eigenvalue weighted by Gasteiger charge is -2.26. The molecule has 0 aliphatic rings. The fraction of sp³-hybridized carbons (Fsp3) is 0. The molecule has 0 spiro atoms. The van der Waals surface area contributed by atoms with Crippen LogP contribution in [0.15, 0.2) is 154 Å². The molecule has 0 aliphatic carbocycles. The van der Waals surface area contributed by atoms with Gasteiger partial charge in [-0.25, -0.2) is 4.98 Å². The van der Waals surface area contributed by atoms with Crippen molar-refractivity contribution in [3.05, 3.63) is 146 Å². The van der Waals surface area contributed by atoms with E-state index >= 15 is 0 Å². The van der Waals surface area contributed by atoms with Crippen LogP contribution in [0.3, 0.4) is 0 Å². The highest BCUT2D eigenvalue weighted by molar-refractivity contribution is 7.26. The van der Waals surface area contributed by atoms with E-state index in [1.807, 2.05) is 36.4 Å². The third kappa shape index (κ3) is 3.89. The lowest BCUT2D eigenvalue weighted by Crippen LogP contribution is -2.09. The predicted molar refractivity (Wildman–Crippen MR) is 192 cm³/mol. The molecular weight excluding hydrogens is 585 g/mol. The zero-order valence-corrected chi connectivity index (χ0v) is 25.3. The Kier molecular flexibility index (Phi) is 5.41. The van der Waals surface area contributed by atoms with E-state index in [9.17, 15) is 0 Å². The van der Waals surface area contributed by atoms with E-state index in [0.29, 0.717) is 5.89 Å². The second-order valence-electron chi connectivity index (χ2n) is 11.6. The van der Waals surface area contributed by atoms with Crippen molar-refractivity contribution in [1.29, 1.82) is 0 Å². The third-order valence-corrected chi connectivity index (χ3v) is 10.0. The van der Waals surface area contributed by atoms with Gasteiger partial charge in [0.2, 0.25) is 5.89 Å². The first-order valence-corrected chi connectivity index (χ1v) is 16.1. The Bertz CT molecular complexity index is 2750. The van der Waals surface area contributed by atoms with E-state index in [4.69, 9.17) is 13.8 Å². The van der Waals surface area contributed by atoms with Crippen LogP contribution in [-0.4, -0.2) is 4.98 Å². The van der Waals surface area contributed by atoms with Gasteiger partial charge in [0.1, 0.15) is 16.7 Å². The summed E-state index contributed by atoms with van der Waals surface area (Å²) in [7, 11) is 0. The Hall–Kier alpha value is -5.91. The fourth-order valence-electron chi connectivity index (χ4n) is 6.74. The van der Waals surface area contributed by atoms with E-state index in [0.717, 1.165) is 61.1 Å². The molecule has 3 heterocycles. The maximum absolute atomic E-state index is 6.35. The Morgan fingerprint density at radius 2 is 1.22 bits per heavy atom. The molecule has 0 N–H and O–H groups in total. The summed E-state index contributed by atoms with van der Waals surface area (Å²) in [5, 5.41) is 6.96. The van der Waals surface area contributed by atoms with Crippen LogP contribution in [0.1, 0.15) is 0 Å². The second-order valence-corrected chi connectivity index (χ2v) is 12.7. The summed E-state index contributed by atoms with van der Waals surface area (Å²) in [4.78, 5) is 7.19. The summed E-state index contributed by atoms with van der Waals surface area (Å²) < 4.78 is 15.0. The van der Waals surface area contributed by atoms with Gasteiger partial charge in [-0.15, -0.1) is 11.3 Å². The molecular formula is C41H24N2O2S. The largest absolute Gasteiger partial charge is 0.456 e. The summed E-state index contributed by atoms with van der Waals surface area (Å²) in [5.41, 5.74) is 7.57. The minimum Gasteiger partial charge on any atom is -0.456 e. The van der Waals surface area contributed by atoms with Gasteiger partial charge in [-0.3, -0.25) is 0 Å². The van der Waals surface area contributed by atoms with E-state index < -0.39 is 0 Å². The normalized spacial score (nSPS) is 11.9. The van der Waals surface area contributed by atoms with Gasteiger partial charge in [-0.2, -0.15) is 0 Å². The monoisotopic (exact) mass is 608 g/mol. The molecule has 7 aromatic carbocycles. The third-order valence-electron chi connectivity index (χ3n) is 8.87. The highest BCUT2D eigenvalue weighted by atomic mass is 32.1. The molecule has 5 heteroatoms. The fourth-order valence-corrected chi connectivity index (χ4v) is 7.85. The predicted octanol–water partition coefficient (Wildman–Crippen LogP) is 12.4. The quantitative estimate of drug-likeness (QED) is 0.199. The summed E-state index contributed by atoms with van der Waals surface area (Å²) in [6, 6.07) is 51.0. The minimum absolute atomic E-state index is 0.638. The average Bonchev–Trinajstić information content (AvgIpc) is 3.81. The Morgan fingerprint density at radius 1 is 0.478 bits per heavy atom. The molecule has 216 valence electrons. The first-order valence-electron chi connectivity index (χ1n) is 15.3. The van der Waals surface area contributed by atoms with Gasteiger partial charge in [-0.05, 0) is 83.6 Å². The molecule has 3 aromatic heterocycles. The van der Waals surface area contributed by atoms with Crippen molar-refractivity contribution in [2.75, 3.05) is 4.90 Å². The minimum atomic E-state index is 0.638. The van der Waals surface area contributed by atoms with Crippen LogP contribution >= 0.6 is 11.3 Å². The first kappa shape index (κ1) is 25.4. The van der Waals surface area contributed by atoms with Crippen LogP contribution < -0.4 is 4.90 Å². The Labute approximate surface area is 267 Å². The number of aromatic nitrogens is 1. The van der Waals surface area contributed by atoms with Gasteiger partial charge in [0.05, 0.1) is 0 Å². The molecule has 0 atom stereocenters. The van der Waals surface area contributed by atoms with Crippen molar-refractivity contribution in [3.63, 3.8) is 0 Å². The number of oxazole rings is 1. The number of nitrogens with zero attached hydrogens (tertiary/aromatic N) is 2. The molecule has 46 heavy (non-hydrogen) atoms. The SMILES string of the molecule is c1ccc2cc(N(c3ccc4c(c3)oc3ccccc34)c3ccc4sc5cccc(-c6nc7ccccc7o6)c5c4c3)ccc2c1. The Balaban J connectivity index is 1.21. The number of para-hydroxylation sites is 3. The first-order chi connectivity index (χ1) is 22.8. The number of rotatable bonds is 4. The highest BCUT2D eigenvalue weighted by Crippen LogP contribution is 2.45. The average molecular weight is 609 g/mol. The number of fused-ring (bicyclic) bond motifs is 8. The van der Waals surface area contributed by atoms with Gasteiger partial charge in [0, 0.05) is 59.6 Å². The van der Waals surface area contributed by atoms with Crippen molar-refractivity contribution in [2.24, 2.45) is 0 Å². The van der Waals surface area contributed by atoms with Crippen LogP contribution in [0, 0.1) is 0 Å². The van der Waals surface area contributed by atoms with Crippen LogP contribution in [0.4, 0.5) is 17.1 Å². The zero-order valence-electron chi connectivity index (χ0n) is 24.5. The molecule has 0 radical (unpaired) electrons. The zero-order chi connectivity index (χ0) is 30.2. The van der Waals surface area contributed by atoms with Gasteiger partial charge in [0.25, 0.3) is 0 Å². The highest BCUT2D eigenvalue weighted by Gasteiger charge is 2.20. The number of anilines is 3. The summed E-state index contributed by atoms with van der Waals surface area (Å²) >= 11 is 1.79. The van der Waals surface area contributed by atoms with Gasteiger partial charge in [0.15, 0.2) is 5.58 Å². The molecule has 0 saturated heterocycles. The number of hydrogen-bond donors (Lipinski definition) is 0. The van der Waals surface area contributed by atoms with E-state index in [1.54, 1.807) is 11.3 Å². The van der Waals surface area contributed by atoms with E-state index in [1.165, 1.54) is 25.6 Å². The molecule has 0 bridgehead atoms. The van der Waals surface area contributed by atoms with Crippen molar-refractivity contribution >= 4 is 92.4 Å². The molecule has 0 fully saturated rings. The number of benzene rings is 7. The standard InChI is InChI=1S/C41H24N2O2S/c1-2-9-26-22-27(17-16-25(26)8-1)43(29-18-20-31-30-10-3-5-13-35(30)44-37(31)24-29)28-19-21-38-33(23-28)40-32(11-7-15-39(40)46-38)41-42-34-12-4-6-14-36(34)45-41/h1-24H. The van der Waals surface area contributed by atoms with Crippen molar-refractivity contribution in [3.8, 4) is 11.5 Å². The van der Waals surface area contributed by atoms with Gasteiger partial charge < -0.3 is 13.7 Å². The number of hydrogen-bond acceptors (Lipinski definition) is 5. The summed E-state index contributed by atoms with van der Waals surface area (Å²) in [6.07, 6.45) is 0. The molecule has 10 rings (SSSR count). The van der Waals surface area contributed by atoms with Gasteiger partial charge >= 0.3 is 0 Å². The molecule has 0 saturated carbocycles. The topological polar surface area (TPSA) is 42.4 Å². The van der Waals surface area contributed by atoms with Crippen LogP contribution in [0.5, 0.6) is 0 Å². The molecule has 4 nitrogen and oxygen atoms in total. The van der Waals surface area contributed by atoms with Gasteiger partial charge in [-0.1, -0.05) is 66.7 Å². The van der Waals surface area contributed by atoms with Crippen molar-refractivity contribution in [1.82, 2.24) is 4.98 Å².